The fourth-order valence-electron chi connectivity index (χ4n) is 3.50. The maximum absolute atomic E-state index is 12.8. The van der Waals surface area contributed by atoms with Crippen LogP contribution in [0.4, 0.5) is 0 Å². The molecule has 1 aliphatic heterocycles. The minimum absolute atomic E-state index is 0.00307. The molecule has 2 aromatic carbocycles. The lowest BCUT2D eigenvalue weighted by Gasteiger charge is -2.32. The summed E-state index contributed by atoms with van der Waals surface area (Å²) in [5.41, 5.74) is 1.42. The van der Waals surface area contributed by atoms with Crippen molar-refractivity contribution in [3.63, 3.8) is 0 Å². The number of carbonyl (C=O) groups is 1. The Balaban J connectivity index is 1.75. The van der Waals surface area contributed by atoms with Gasteiger partial charge in [-0.1, -0.05) is 43.0 Å². The number of aromatic hydroxyl groups is 1. The highest BCUT2D eigenvalue weighted by Crippen LogP contribution is 2.28. The Bertz CT molecular complexity index is 753. The molecule has 0 unspecified atom stereocenters. The van der Waals surface area contributed by atoms with Crippen molar-refractivity contribution in [3.8, 4) is 11.5 Å². The first kappa shape index (κ1) is 18.4. The molecule has 0 aromatic heterocycles. The highest BCUT2D eigenvalue weighted by atomic mass is 16.3. The Morgan fingerprint density at radius 1 is 1.15 bits per heavy atom. The van der Waals surface area contributed by atoms with Gasteiger partial charge < -0.3 is 15.1 Å². The van der Waals surface area contributed by atoms with Crippen LogP contribution >= 0.6 is 0 Å². The maximum Gasteiger partial charge on any atom is 0.166 e. The highest BCUT2D eigenvalue weighted by molar-refractivity contribution is 6.00. The summed E-state index contributed by atoms with van der Waals surface area (Å²) in [6.45, 7) is 7.52. The molecule has 0 amide bonds. The molecule has 138 valence electrons. The Labute approximate surface area is 154 Å². The van der Waals surface area contributed by atoms with Crippen LogP contribution in [0.1, 0.15) is 28.4 Å². The first-order chi connectivity index (χ1) is 12.6. The van der Waals surface area contributed by atoms with Crippen molar-refractivity contribution in [2.75, 3.05) is 32.7 Å². The SMILES string of the molecule is CCN1CC[NH+](Cc2c(O)ccc(C(=O)Cc3ccccc3)c2[O-])CC1. The molecule has 26 heavy (non-hydrogen) atoms. The van der Waals surface area contributed by atoms with E-state index in [0.717, 1.165) is 38.3 Å². The van der Waals surface area contributed by atoms with Gasteiger partial charge in [0.2, 0.25) is 0 Å². The van der Waals surface area contributed by atoms with E-state index < -0.39 is 0 Å². The van der Waals surface area contributed by atoms with Crippen molar-refractivity contribution in [1.29, 1.82) is 0 Å². The third kappa shape index (κ3) is 4.23. The van der Waals surface area contributed by atoms with E-state index in [1.807, 2.05) is 30.3 Å². The van der Waals surface area contributed by atoms with Crippen LogP contribution in [0.5, 0.6) is 11.5 Å². The molecular formula is C21H26N2O3. The lowest BCUT2D eigenvalue weighted by atomic mass is 9.99. The van der Waals surface area contributed by atoms with E-state index >= 15 is 0 Å². The Morgan fingerprint density at radius 3 is 2.50 bits per heavy atom. The van der Waals surface area contributed by atoms with Crippen molar-refractivity contribution in [2.45, 2.75) is 19.9 Å². The Kier molecular flexibility index (Phi) is 5.91. The van der Waals surface area contributed by atoms with Crippen LogP contribution < -0.4 is 10.0 Å². The zero-order valence-corrected chi connectivity index (χ0v) is 15.2. The van der Waals surface area contributed by atoms with Crippen LogP contribution in [0.15, 0.2) is 42.5 Å². The number of hydrogen-bond acceptors (Lipinski definition) is 4. The van der Waals surface area contributed by atoms with Crippen molar-refractivity contribution in [2.24, 2.45) is 0 Å². The van der Waals surface area contributed by atoms with Gasteiger partial charge in [-0.15, -0.1) is 0 Å². The molecule has 0 bridgehead atoms. The first-order valence-electron chi connectivity index (χ1n) is 9.23. The number of phenolic OH excluding ortho intramolecular Hbond substituents is 1. The van der Waals surface area contributed by atoms with Crippen LogP contribution in [0, 0.1) is 0 Å². The summed E-state index contributed by atoms with van der Waals surface area (Å²) in [5.74, 6) is -0.527. The van der Waals surface area contributed by atoms with Gasteiger partial charge in [0.1, 0.15) is 12.3 Å². The van der Waals surface area contributed by atoms with Gasteiger partial charge in [-0.25, -0.2) is 0 Å². The van der Waals surface area contributed by atoms with E-state index in [4.69, 9.17) is 0 Å². The summed E-state index contributed by atoms with van der Waals surface area (Å²) in [6.07, 6.45) is 0.197. The molecular weight excluding hydrogens is 328 g/mol. The van der Waals surface area contributed by atoms with Gasteiger partial charge in [-0.3, -0.25) is 9.69 Å². The topological polar surface area (TPSA) is 68.0 Å². The van der Waals surface area contributed by atoms with Crippen molar-refractivity contribution in [3.05, 3.63) is 59.2 Å². The molecule has 1 saturated heterocycles. The second kappa shape index (κ2) is 8.34. The molecule has 1 heterocycles. The first-order valence-corrected chi connectivity index (χ1v) is 9.23. The van der Waals surface area contributed by atoms with E-state index in [9.17, 15) is 15.0 Å². The van der Waals surface area contributed by atoms with E-state index in [-0.39, 0.29) is 29.3 Å². The lowest BCUT2D eigenvalue weighted by molar-refractivity contribution is -0.918. The number of nitrogens with zero attached hydrogens (tertiary/aromatic N) is 1. The molecule has 5 nitrogen and oxygen atoms in total. The van der Waals surface area contributed by atoms with E-state index in [1.165, 1.54) is 17.0 Å². The number of phenols is 1. The number of nitrogens with one attached hydrogen (secondary N) is 1. The summed E-state index contributed by atoms with van der Waals surface area (Å²) in [5, 5.41) is 23.0. The number of rotatable bonds is 6. The number of benzene rings is 2. The summed E-state index contributed by atoms with van der Waals surface area (Å²) in [7, 11) is 0. The zero-order chi connectivity index (χ0) is 18.5. The standard InChI is InChI=1S/C21H26N2O3/c1-2-22-10-12-23(13-11-22)15-18-19(24)9-8-17(21(18)26)20(25)14-16-6-4-3-5-7-16/h3-9,24,26H,2,10-15H2,1H3. The van der Waals surface area contributed by atoms with E-state index in [0.29, 0.717) is 12.1 Å². The third-order valence-electron chi connectivity index (χ3n) is 5.18. The van der Waals surface area contributed by atoms with Crippen LogP contribution in [0.2, 0.25) is 0 Å². The predicted molar refractivity (Wildman–Crippen MR) is 98.5 cm³/mol. The summed E-state index contributed by atoms with van der Waals surface area (Å²) < 4.78 is 0. The molecule has 0 aliphatic carbocycles. The van der Waals surface area contributed by atoms with Crippen molar-refractivity contribution >= 4 is 5.78 Å². The van der Waals surface area contributed by atoms with Crippen molar-refractivity contribution in [1.82, 2.24) is 4.90 Å². The molecule has 1 fully saturated rings. The molecule has 3 rings (SSSR count). The molecule has 0 spiro atoms. The van der Waals surface area contributed by atoms with Gasteiger partial charge in [0.15, 0.2) is 5.78 Å². The number of Topliss-reactive ketones (excluding diaryl/α,β-unsaturated/α-hetero) is 1. The summed E-state index contributed by atoms with van der Waals surface area (Å²) in [6, 6.07) is 12.3. The summed E-state index contributed by atoms with van der Waals surface area (Å²) >= 11 is 0. The molecule has 0 saturated carbocycles. The van der Waals surface area contributed by atoms with Gasteiger partial charge >= 0.3 is 0 Å². The normalized spacial score (nSPS) is 15.9. The third-order valence-corrected chi connectivity index (χ3v) is 5.18. The molecule has 5 heteroatoms. The molecule has 0 radical (unpaired) electrons. The number of quaternary nitrogens is 1. The van der Waals surface area contributed by atoms with Crippen LogP contribution in [-0.4, -0.2) is 48.5 Å². The monoisotopic (exact) mass is 354 g/mol. The predicted octanol–water partition coefficient (Wildman–Crippen LogP) is 0.612. The average Bonchev–Trinajstić information content (AvgIpc) is 2.66. The molecule has 2 N–H and O–H groups in total. The van der Waals surface area contributed by atoms with Crippen LogP contribution in [0.25, 0.3) is 0 Å². The zero-order valence-electron chi connectivity index (χ0n) is 15.2. The highest BCUT2D eigenvalue weighted by Gasteiger charge is 2.21. The second-order valence-electron chi connectivity index (χ2n) is 6.89. The number of carbonyl (C=O) groups excluding carboxylic acids is 1. The minimum Gasteiger partial charge on any atom is -0.872 e. The Hall–Kier alpha value is -2.37. The van der Waals surface area contributed by atoms with Crippen LogP contribution in [0.3, 0.4) is 0 Å². The number of hydrogen-bond donors (Lipinski definition) is 2. The van der Waals surface area contributed by atoms with Gasteiger partial charge in [0.05, 0.1) is 13.1 Å². The van der Waals surface area contributed by atoms with Gasteiger partial charge in [0, 0.05) is 30.6 Å². The number of likely N-dealkylation sites (N-methyl/N-ethyl adjacent to an activating group) is 1. The van der Waals surface area contributed by atoms with Crippen molar-refractivity contribution < 1.29 is 19.9 Å². The summed E-state index contributed by atoms with van der Waals surface area (Å²) in [4.78, 5) is 16.2. The lowest BCUT2D eigenvalue weighted by Crippen LogP contribution is -3.13. The largest absolute Gasteiger partial charge is 0.872 e. The smallest absolute Gasteiger partial charge is 0.166 e. The fourth-order valence-corrected chi connectivity index (χ4v) is 3.50. The van der Waals surface area contributed by atoms with Gasteiger partial charge in [-0.05, 0) is 24.2 Å². The van der Waals surface area contributed by atoms with Gasteiger partial charge in [-0.2, -0.15) is 0 Å². The van der Waals surface area contributed by atoms with Gasteiger partial charge in [0.25, 0.3) is 0 Å². The van der Waals surface area contributed by atoms with E-state index in [2.05, 4.69) is 11.8 Å². The fraction of sp³-hybridized carbons (Fsp3) is 0.381. The molecule has 2 aromatic rings. The van der Waals surface area contributed by atoms with Crippen LogP contribution in [-0.2, 0) is 13.0 Å². The number of ketones is 1. The Morgan fingerprint density at radius 2 is 1.85 bits per heavy atom. The second-order valence-corrected chi connectivity index (χ2v) is 6.89. The van der Waals surface area contributed by atoms with E-state index in [1.54, 1.807) is 0 Å². The molecule has 0 atom stereocenters. The minimum atomic E-state index is -0.323. The average molecular weight is 354 g/mol. The maximum atomic E-state index is 12.8. The number of piperazine rings is 1. The molecule has 1 aliphatic rings. The quantitative estimate of drug-likeness (QED) is 0.746.